The lowest BCUT2D eigenvalue weighted by molar-refractivity contribution is -0.131. The molecule has 1 aromatic carbocycles. The van der Waals surface area contributed by atoms with E-state index in [-0.39, 0.29) is 11.4 Å². The number of carbonyl (C=O) groups excluding carboxylic acids is 1. The first-order valence-corrected chi connectivity index (χ1v) is 7.69. The summed E-state index contributed by atoms with van der Waals surface area (Å²) in [5, 5.41) is 0. The molecule has 116 valence electrons. The minimum Gasteiger partial charge on any atom is -0.378 e. The van der Waals surface area contributed by atoms with Crippen LogP contribution in [0, 0.1) is 0 Å². The number of hydrogen-bond acceptors (Lipinski definition) is 3. The monoisotopic (exact) mass is 289 g/mol. The molecule has 4 nitrogen and oxygen atoms in total. The first-order valence-electron chi connectivity index (χ1n) is 7.69. The normalized spacial score (nSPS) is 16.8. The van der Waals surface area contributed by atoms with Gasteiger partial charge < -0.3 is 15.5 Å². The molecule has 0 aromatic heterocycles. The maximum absolute atomic E-state index is 12.3. The molecule has 0 bridgehead atoms. The van der Waals surface area contributed by atoms with Crippen molar-refractivity contribution < 1.29 is 4.79 Å². The Morgan fingerprint density at radius 3 is 2.24 bits per heavy atom. The van der Waals surface area contributed by atoms with Crippen molar-refractivity contribution in [3.8, 4) is 0 Å². The second-order valence-electron chi connectivity index (χ2n) is 6.56. The summed E-state index contributed by atoms with van der Waals surface area (Å²) in [7, 11) is 5.90. The third kappa shape index (κ3) is 4.21. The van der Waals surface area contributed by atoms with Crippen LogP contribution in [-0.4, -0.2) is 37.5 Å². The van der Waals surface area contributed by atoms with Gasteiger partial charge in [-0.2, -0.15) is 0 Å². The van der Waals surface area contributed by atoms with Crippen LogP contribution in [0.4, 0.5) is 5.69 Å². The van der Waals surface area contributed by atoms with Crippen LogP contribution in [0.2, 0.25) is 0 Å². The molecule has 2 N–H and O–H groups in total. The molecule has 1 aliphatic carbocycles. The third-order valence-corrected chi connectivity index (χ3v) is 4.40. The zero-order valence-electron chi connectivity index (χ0n) is 13.4. The predicted molar refractivity (Wildman–Crippen MR) is 87.2 cm³/mol. The molecule has 0 aliphatic heterocycles. The topological polar surface area (TPSA) is 49.6 Å². The Morgan fingerprint density at radius 2 is 1.71 bits per heavy atom. The van der Waals surface area contributed by atoms with Gasteiger partial charge in [0.1, 0.15) is 0 Å². The van der Waals surface area contributed by atoms with Gasteiger partial charge in [0.25, 0.3) is 0 Å². The quantitative estimate of drug-likeness (QED) is 0.905. The summed E-state index contributed by atoms with van der Waals surface area (Å²) in [6.45, 7) is 0.641. The number of anilines is 1. The van der Waals surface area contributed by atoms with Gasteiger partial charge in [0.15, 0.2) is 0 Å². The van der Waals surface area contributed by atoms with E-state index in [2.05, 4.69) is 29.2 Å². The average Bonchev–Trinajstić information content (AvgIpc) is 2.85. The first-order chi connectivity index (χ1) is 9.89. The summed E-state index contributed by atoms with van der Waals surface area (Å²) >= 11 is 0. The fourth-order valence-electron chi connectivity index (χ4n) is 2.95. The summed E-state index contributed by atoms with van der Waals surface area (Å²) in [5.41, 5.74) is 8.34. The van der Waals surface area contributed by atoms with E-state index in [1.165, 1.54) is 5.69 Å². The van der Waals surface area contributed by atoms with Crippen molar-refractivity contribution in [3.05, 3.63) is 29.8 Å². The van der Waals surface area contributed by atoms with Crippen LogP contribution in [0.1, 0.15) is 37.7 Å². The summed E-state index contributed by atoms with van der Waals surface area (Å²) in [5.74, 6) is 0.149. The van der Waals surface area contributed by atoms with E-state index >= 15 is 0 Å². The molecule has 2 rings (SSSR count). The Bertz CT molecular complexity index is 475. The molecule has 1 aliphatic rings. The van der Waals surface area contributed by atoms with E-state index in [9.17, 15) is 4.79 Å². The molecule has 4 heteroatoms. The van der Waals surface area contributed by atoms with E-state index in [1.54, 1.807) is 4.90 Å². The lowest BCUT2D eigenvalue weighted by atomic mass is 9.94. The molecule has 1 fully saturated rings. The van der Waals surface area contributed by atoms with Crippen LogP contribution in [-0.2, 0) is 11.3 Å². The van der Waals surface area contributed by atoms with E-state index in [0.717, 1.165) is 31.2 Å². The standard InChI is InChI=1S/C17H27N3O/c1-19(2)15-8-6-14(7-9-15)13-20(3)16(21)12-17(18)10-4-5-11-17/h6-9H,4-5,10-13,18H2,1-3H3. The third-order valence-electron chi connectivity index (χ3n) is 4.40. The van der Waals surface area contributed by atoms with Crippen LogP contribution in [0.15, 0.2) is 24.3 Å². The van der Waals surface area contributed by atoms with E-state index in [0.29, 0.717) is 13.0 Å². The highest BCUT2D eigenvalue weighted by molar-refractivity contribution is 5.77. The van der Waals surface area contributed by atoms with Gasteiger partial charge in [-0.15, -0.1) is 0 Å². The smallest absolute Gasteiger partial charge is 0.224 e. The molecule has 1 aromatic rings. The Morgan fingerprint density at radius 1 is 1.14 bits per heavy atom. The molecule has 0 radical (unpaired) electrons. The summed E-state index contributed by atoms with van der Waals surface area (Å²) in [6.07, 6.45) is 4.73. The fraction of sp³-hybridized carbons (Fsp3) is 0.588. The number of carbonyl (C=O) groups is 1. The maximum Gasteiger partial charge on any atom is 0.224 e. The van der Waals surface area contributed by atoms with Crippen LogP contribution in [0.3, 0.4) is 0 Å². The SMILES string of the molecule is CN(Cc1ccc(N(C)C)cc1)C(=O)CC1(N)CCCC1. The number of amides is 1. The zero-order chi connectivity index (χ0) is 15.5. The van der Waals surface area contributed by atoms with E-state index in [4.69, 9.17) is 5.73 Å². The highest BCUT2D eigenvalue weighted by Crippen LogP contribution is 2.30. The second-order valence-corrected chi connectivity index (χ2v) is 6.56. The van der Waals surface area contributed by atoms with E-state index in [1.807, 2.05) is 21.1 Å². The van der Waals surface area contributed by atoms with Gasteiger partial charge >= 0.3 is 0 Å². The number of nitrogens with two attached hydrogens (primary N) is 1. The zero-order valence-corrected chi connectivity index (χ0v) is 13.4. The number of rotatable bonds is 5. The van der Waals surface area contributed by atoms with Crippen LogP contribution in [0.5, 0.6) is 0 Å². The van der Waals surface area contributed by atoms with Crippen molar-refractivity contribution in [1.82, 2.24) is 4.90 Å². The van der Waals surface area contributed by atoms with Gasteiger partial charge in [0, 0.05) is 45.3 Å². The minimum absolute atomic E-state index is 0.149. The van der Waals surface area contributed by atoms with Gasteiger partial charge in [0.2, 0.25) is 5.91 Å². The van der Waals surface area contributed by atoms with E-state index < -0.39 is 0 Å². The molecular formula is C17H27N3O. The van der Waals surface area contributed by atoms with Gasteiger partial charge in [0.05, 0.1) is 0 Å². The highest BCUT2D eigenvalue weighted by Gasteiger charge is 2.32. The molecule has 0 spiro atoms. The van der Waals surface area contributed by atoms with Crippen molar-refractivity contribution in [2.24, 2.45) is 5.73 Å². The Hall–Kier alpha value is -1.55. The Kier molecular flexibility index (Phi) is 4.88. The van der Waals surface area contributed by atoms with Crippen molar-refractivity contribution in [2.45, 2.75) is 44.2 Å². The number of benzene rings is 1. The predicted octanol–water partition coefficient (Wildman–Crippen LogP) is 2.37. The molecule has 0 atom stereocenters. The summed E-state index contributed by atoms with van der Waals surface area (Å²) < 4.78 is 0. The fourth-order valence-corrected chi connectivity index (χ4v) is 2.95. The Balaban J connectivity index is 1.91. The van der Waals surface area contributed by atoms with Crippen molar-refractivity contribution >= 4 is 11.6 Å². The number of hydrogen-bond donors (Lipinski definition) is 1. The lowest BCUT2D eigenvalue weighted by Crippen LogP contribution is -2.42. The Labute approximate surface area is 127 Å². The first kappa shape index (κ1) is 15.8. The van der Waals surface area contributed by atoms with Crippen LogP contribution in [0.25, 0.3) is 0 Å². The molecule has 0 heterocycles. The van der Waals surface area contributed by atoms with Crippen molar-refractivity contribution in [3.63, 3.8) is 0 Å². The largest absolute Gasteiger partial charge is 0.378 e. The average molecular weight is 289 g/mol. The molecular weight excluding hydrogens is 262 g/mol. The molecule has 0 saturated heterocycles. The summed E-state index contributed by atoms with van der Waals surface area (Å²) in [6, 6.07) is 8.31. The van der Waals surface area contributed by atoms with Gasteiger partial charge in [-0.1, -0.05) is 25.0 Å². The minimum atomic E-state index is -0.264. The maximum atomic E-state index is 12.3. The number of nitrogens with zero attached hydrogens (tertiary/aromatic N) is 2. The molecule has 21 heavy (non-hydrogen) atoms. The van der Waals surface area contributed by atoms with Gasteiger partial charge in [-0.05, 0) is 30.5 Å². The van der Waals surface area contributed by atoms with Crippen LogP contribution >= 0.6 is 0 Å². The van der Waals surface area contributed by atoms with Gasteiger partial charge in [-0.3, -0.25) is 4.79 Å². The second kappa shape index (κ2) is 6.48. The molecule has 1 amide bonds. The van der Waals surface area contributed by atoms with Crippen molar-refractivity contribution in [1.29, 1.82) is 0 Å². The summed E-state index contributed by atoms with van der Waals surface area (Å²) in [4.78, 5) is 16.2. The van der Waals surface area contributed by atoms with Gasteiger partial charge in [-0.25, -0.2) is 0 Å². The van der Waals surface area contributed by atoms with Crippen molar-refractivity contribution in [2.75, 3.05) is 26.0 Å². The molecule has 1 saturated carbocycles. The highest BCUT2D eigenvalue weighted by atomic mass is 16.2. The van der Waals surface area contributed by atoms with Crippen LogP contribution < -0.4 is 10.6 Å². The lowest BCUT2D eigenvalue weighted by Gasteiger charge is -2.26. The molecule has 0 unspecified atom stereocenters.